The van der Waals surface area contributed by atoms with Crippen molar-refractivity contribution in [2.45, 2.75) is 33.4 Å². The normalized spacial score (nSPS) is 12.5. The number of nitrogens with zero attached hydrogens (tertiary/aromatic N) is 3. The van der Waals surface area contributed by atoms with Crippen LogP contribution in [0.25, 0.3) is 11.0 Å². The van der Waals surface area contributed by atoms with Gasteiger partial charge < -0.3 is 10.3 Å². The van der Waals surface area contributed by atoms with Gasteiger partial charge in [-0.1, -0.05) is 6.07 Å². The summed E-state index contributed by atoms with van der Waals surface area (Å²) in [5.74, 6) is 0.664. The molecule has 1 amide bonds. The number of aromatic amines is 1. The van der Waals surface area contributed by atoms with Crippen LogP contribution in [-0.4, -0.2) is 25.7 Å². The Bertz CT molecular complexity index is 817. The number of rotatable bonds is 4. The SMILES string of the molecule is Cc1ccc2nc(CNC(=O)C(C)n3cc(C)cn3)[nH]c2c1. The summed E-state index contributed by atoms with van der Waals surface area (Å²) >= 11 is 0. The van der Waals surface area contributed by atoms with E-state index in [4.69, 9.17) is 0 Å². The molecule has 1 unspecified atom stereocenters. The van der Waals surface area contributed by atoms with Crippen LogP contribution in [0.1, 0.15) is 29.9 Å². The van der Waals surface area contributed by atoms with Gasteiger partial charge >= 0.3 is 0 Å². The lowest BCUT2D eigenvalue weighted by atomic mass is 10.2. The molecule has 114 valence electrons. The maximum atomic E-state index is 12.2. The molecular formula is C16H19N5O. The highest BCUT2D eigenvalue weighted by Crippen LogP contribution is 2.13. The number of hydrogen-bond acceptors (Lipinski definition) is 3. The van der Waals surface area contributed by atoms with Crippen molar-refractivity contribution in [2.75, 3.05) is 0 Å². The first-order valence-corrected chi connectivity index (χ1v) is 7.26. The Hall–Kier alpha value is -2.63. The van der Waals surface area contributed by atoms with Crippen LogP contribution in [0.3, 0.4) is 0 Å². The number of aromatic nitrogens is 4. The molecule has 3 aromatic rings. The van der Waals surface area contributed by atoms with Gasteiger partial charge in [0.25, 0.3) is 0 Å². The average molecular weight is 297 g/mol. The highest BCUT2D eigenvalue weighted by molar-refractivity contribution is 5.80. The van der Waals surface area contributed by atoms with Crippen molar-refractivity contribution in [3.63, 3.8) is 0 Å². The van der Waals surface area contributed by atoms with E-state index in [9.17, 15) is 4.79 Å². The molecule has 0 aliphatic rings. The van der Waals surface area contributed by atoms with Crippen LogP contribution in [0.5, 0.6) is 0 Å². The van der Waals surface area contributed by atoms with E-state index in [-0.39, 0.29) is 11.9 Å². The minimum atomic E-state index is -0.347. The summed E-state index contributed by atoms with van der Waals surface area (Å²) in [5.41, 5.74) is 4.10. The Labute approximate surface area is 128 Å². The molecule has 6 nitrogen and oxygen atoms in total. The van der Waals surface area contributed by atoms with Crippen LogP contribution in [0.4, 0.5) is 0 Å². The highest BCUT2D eigenvalue weighted by atomic mass is 16.2. The number of fused-ring (bicyclic) bond motifs is 1. The van der Waals surface area contributed by atoms with E-state index in [1.807, 2.05) is 45.2 Å². The lowest BCUT2D eigenvalue weighted by Crippen LogP contribution is -2.31. The third kappa shape index (κ3) is 2.86. The monoisotopic (exact) mass is 297 g/mol. The standard InChI is InChI=1S/C16H19N5O/c1-10-4-5-13-14(6-10)20-15(19-13)8-17-16(22)12(3)21-9-11(2)7-18-21/h4-7,9,12H,8H2,1-3H3,(H,17,22)(H,19,20). The zero-order valence-corrected chi connectivity index (χ0v) is 12.9. The first-order valence-electron chi connectivity index (χ1n) is 7.26. The summed E-state index contributed by atoms with van der Waals surface area (Å²) in [5, 5.41) is 7.06. The van der Waals surface area contributed by atoms with Crippen LogP contribution in [0.15, 0.2) is 30.6 Å². The maximum absolute atomic E-state index is 12.2. The Balaban J connectivity index is 1.66. The summed E-state index contributed by atoms with van der Waals surface area (Å²) in [6.07, 6.45) is 3.60. The number of aryl methyl sites for hydroxylation is 2. The molecule has 0 radical (unpaired) electrons. The lowest BCUT2D eigenvalue weighted by Gasteiger charge is -2.11. The van der Waals surface area contributed by atoms with Crippen molar-refractivity contribution in [3.8, 4) is 0 Å². The second kappa shape index (κ2) is 5.63. The fourth-order valence-electron chi connectivity index (χ4n) is 2.34. The minimum absolute atomic E-state index is 0.0836. The van der Waals surface area contributed by atoms with Crippen molar-refractivity contribution < 1.29 is 4.79 Å². The number of carbonyl (C=O) groups excluding carboxylic acids is 1. The number of benzene rings is 1. The lowest BCUT2D eigenvalue weighted by molar-refractivity contribution is -0.124. The summed E-state index contributed by atoms with van der Waals surface area (Å²) < 4.78 is 1.66. The molecule has 0 aliphatic heterocycles. The molecule has 2 N–H and O–H groups in total. The van der Waals surface area contributed by atoms with Crippen LogP contribution in [0, 0.1) is 13.8 Å². The van der Waals surface area contributed by atoms with Crippen LogP contribution in [0.2, 0.25) is 0 Å². The zero-order valence-electron chi connectivity index (χ0n) is 12.9. The van der Waals surface area contributed by atoms with Crippen LogP contribution in [-0.2, 0) is 11.3 Å². The average Bonchev–Trinajstić information content (AvgIpc) is 3.09. The van der Waals surface area contributed by atoms with Gasteiger partial charge in [0.2, 0.25) is 5.91 Å². The summed E-state index contributed by atoms with van der Waals surface area (Å²) in [6.45, 7) is 6.18. The van der Waals surface area contributed by atoms with Crippen molar-refractivity contribution in [2.24, 2.45) is 0 Å². The zero-order chi connectivity index (χ0) is 15.7. The summed E-state index contributed by atoms with van der Waals surface area (Å²) in [7, 11) is 0. The molecule has 1 atom stereocenters. The van der Waals surface area contributed by atoms with Gasteiger partial charge in [-0.25, -0.2) is 4.98 Å². The second-order valence-corrected chi connectivity index (χ2v) is 5.60. The van der Waals surface area contributed by atoms with Crippen molar-refractivity contribution in [3.05, 3.63) is 47.5 Å². The van der Waals surface area contributed by atoms with E-state index in [1.54, 1.807) is 10.9 Å². The molecule has 0 saturated carbocycles. The van der Waals surface area contributed by atoms with Gasteiger partial charge in [-0.2, -0.15) is 5.10 Å². The second-order valence-electron chi connectivity index (χ2n) is 5.60. The van der Waals surface area contributed by atoms with Gasteiger partial charge in [0.1, 0.15) is 11.9 Å². The van der Waals surface area contributed by atoms with Gasteiger partial charge in [0.05, 0.1) is 23.8 Å². The van der Waals surface area contributed by atoms with E-state index in [0.717, 1.165) is 22.4 Å². The molecule has 0 fully saturated rings. The fraction of sp³-hybridized carbons (Fsp3) is 0.312. The van der Waals surface area contributed by atoms with E-state index in [1.165, 1.54) is 5.56 Å². The molecule has 1 aromatic carbocycles. The third-order valence-corrected chi connectivity index (χ3v) is 3.62. The number of H-pyrrole nitrogens is 1. The van der Waals surface area contributed by atoms with Crippen molar-refractivity contribution in [1.82, 2.24) is 25.1 Å². The molecule has 0 bridgehead atoms. The number of imidazole rings is 1. The van der Waals surface area contributed by atoms with Gasteiger partial charge in [-0.05, 0) is 44.0 Å². The third-order valence-electron chi connectivity index (χ3n) is 3.62. The first kappa shape index (κ1) is 14.3. The Kier molecular flexibility index (Phi) is 3.66. The first-order chi connectivity index (χ1) is 10.5. The number of carbonyl (C=O) groups is 1. The molecule has 3 rings (SSSR count). The summed E-state index contributed by atoms with van der Waals surface area (Å²) in [4.78, 5) is 19.9. The molecule has 0 aliphatic carbocycles. The van der Waals surface area contributed by atoms with Crippen LogP contribution >= 0.6 is 0 Å². The maximum Gasteiger partial charge on any atom is 0.244 e. The molecule has 22 heavy (non-hydrogen) atoms. The summed E-state index contributed by atoms with van der Waals surface area (Å²) in [6, 6.07) is 5.69. The van der Waals surface area contributed by atoms with Gasteiger partial charge in [0.15, 0.2) is 0 Å². The largest absolute Gasteiger partial charge is 0.347 e. The minimum Gasteiger partial charge on any atom is -0.347 e. The molecule has 6 heteroatoms. The number of nitrogens with one attached hydrogen (secondary N) is 2. The molecule has 0 saturated heterocycles. The van der Waals surface area contributed by atoms with E-state index in [2.05, 4.69) is 20.4 Å². The number of amides is 1. The predicted octanol–water partition coefficient (Wildman–Crippen LogP) is 2.25. The van der Waals surface area contributed by atoms with Crippen LogP contribution < -0.4 is 5.32 Å². The van der Waals surface area contributed by atoms with E-state index in [0.29, 0.717) is 6.54 Å². The molecule has 2 heterocycles. The van der Waals surface area contributed by atoms with Crippen molar-refractivity contribution in [1.29, 1.82) is 0 Å². The van der Waals surface area contributed by atoms with Gasteiger partial charge in [0, 0.05) is 6.20 Å². The smallest absolute Gasteiger partial charge is 0.244 e. The Morgan fingerprint density at radius 2 is 2.18 bits per heavy atom. The Morgan fingerprint density at radius 1 is 1.36 bits per heavy atom. The van der Waals surface area contributed by atoms with Gasteiger partial charge in [-0.3, -0.25) is 9.48 Å². The topological polar surface area (TPSA) is 75.6 Å². The van der Waals surface area contributed by atoms with Gasteiger partial charge in [-0.15, -0.1) is 0 Å². The van der Waals surface area contributed by atoms with Crippen molar-refractivity contribution >= 4 is 16.9 Å². The number of hydrogen-bond donors (Lipinski definition) is 2. The van der Waals surface area contributed by atoms with E-state index < -0.39 is 0 Å². The highest BCUT2D eigenvalue weighted by Gasteiger charge is 2.15. The molecule has 2 aromatic heterocycles. The Morgan fingerprint density at radius 3 is 2.91 bits per heavy atom. The molecule has 0 spiro atoms. The quantitative estimate of drug-likeness (QED) is 0.775. The predicted molar refractivity (Wildman–Crippen MR) is 84.4 cm³/mol. The molecular weight excluding hydrogens is 278 g/mol. The fourth-order valence-corrected chi connectivity index (χ4v) is 2.34. The van der Waals surface area contributed by atoms with E-state index >= 15 is 0 Å².